The van der Waals surface area contributed by atoms with Crippen molar-refractivity contribution in [3.05, 3.63) is 23.3 Å². The first kappa shape index (κ1) is 8.87. The lowest BCUT2D eigenvalue weighted by atomic mass is 10.0. The molecular formula is C10H10O4. The van der Waals surface area contributed by atoms with Crippen LogP contribution in [-0.2, 0) is 4.74 Å². The molecule has 1 aliphatic rings. The van der Waals surface area contributed by atoms with Crippen molar-refractivity contribution in [3.63, 3.8) is 0 Å². The Bertz CT molecular complexity index is 397. The molecule has 1 aromatic carbocycles. The summed E-state index contributed by atoms with van der Waals surface area (Å²) in [5.41, 5.74) is 0.740. The summed E-state index contributed by atoms with van der Waals surface area (Å²) in [6, 6.07) is 2.52. The van der Waals surface area contributed by atoms with Crippen molar-refractivity contribution in [3.8, 4) is 11.5 Å². The third kappa shape index (κ3) is 1.11. The second kappa shape index (κ2) is 2.90. The lowest BCUT2D eigenvalue weighted by Crippen LogP contribution is -1.96. The Morgan fingerprint density at radius 1 is 1.43 bits per heavy atom. The molecule has 0 saturated heterocycles. The summed E-state index contributed by atoms with van der Waals surface area (Å²) >= 11 is 0. The number of rotatable bonds is 1. The molecule has 14 heavy (non-hydrogen) atoms. The van der Waals surface area contributed by atoms with Crippen LogP contribution in [0.25, 0.3) is 0 Å². The van der Waals surface area contributed by atoms with Gasteiger partial charge in [0.1, 0.15) is 17.6 Å². The SMILES string of the molecule is CC[C@@H]1OC(=O)c2cc(O)cc(O)c21. The molecule has 0 amide bonds. The molecule has 0 unspecified atom stereocenters. The number of benzene rings is 1. The molecule has 4 heteroatoms. The third-order valence-electron chi connectivity index (χ3n) is 2.30. The van der Waals surface area contributed by atoms with Gasteiger partial charge < -0.3 is 14.9 Å². The predicted octanol–water partition coefficient (Wildman–Crippen LogP) is 1.72. The molecule has 1 heterocycles. The van der Waals surface area contributed by atoms with Crippen LogP contribution in [0.15, 0.2) is 12.1 Å². The van der Waals surface area contributed by atoms with Gasteiger partial charge in [0.2, 0.25) is 0 Å². The Morgan fingerprint density at radius 2 is 2.14 bits per heavy atom. The van der Waals surface area contributed by atoms with Crippen LogP contribution >= 0.6 is 0 Å². The monoisotopic (exact) mass is 194 g/mol. The van der Waals surface area contributed by atoms with E-state index in [4.69, 9.17) is 4.74 Å². The topological polar surface area (TPSA) is 66.8 Å². The number of carbonyl (C=O) groups excluding carboxylic acids is 1. The van der Waals surface area contributed by atoms with Gasteiger partial charge in [-0.15, -0.1) is 0 Å². The average Bonchev–Trinajstić information content (AvgIpc) is 2.43. The van der Waals surface area contributed by atoms with E-state index < -0.39 is 12.1 Å². The molecule has 0 saturated carbocycles. The number of aromatic hydroxyl groups is 2. The van der Waals surface area contributed by atoms with Crippen molar-refractivity contribution >= 4 is 5.97 Å². The van der Waals surface area contributed by atoms with Crippen LogP contribution in [0, 0.1) is 0 Å². The molecule has 0 aromatic heterocycles. The molecule has 74 valence electrons. The van der Waals surface area contributed by atoms with Gasteiger partial charge >= 0.3 is 5.97 Å². The van der Waals surface area contributed by atoms with E-state index in [1.807, 2.05) is 6.92 Å². The largest absolute Gasteiger partial charge is 0.508 e. The molecule has 0 bridgehead atoms. The number of phenolic OH excluding ortho intramolecular Hbond substituents is 2. The highest BCUT2D eigenvalue weighted by Crippen LogP contribution is 2.40. The van der Waals surface area contributed by atoms with Gasteiger partial charge in [0, 0.05) is 11.6 Å². The van der Waals surface area contributed by atoms with Crippen LogP contribution in [0.1, 0.15) is 35.4 Å². The van der Waals surface area contributed by atoms with Gasteiger partial charge in [0.25, 0.3) is 0 Å². The highest BCUT2D eigenvalue weighted by molar-refractivity contribution is 5.95. The molecule has 0 fully saturated rings. The number of hydrogen-bond donors (Lipinski definition) is 2. The summed E-state index contributed by atoms with van der Waals surface area (Å²) < 4.78 is 5.01. The Hall–Kier alpha value is -1.71. The third-order valence-corrected chi connectivity index (χ3v) is 2.30. The Balaban J connectivity index is 2.62. The molecule has 1 atom stereocenters. The zero-order valence-electron chi connectivity index (χ0n) is 7.65. The van der Waals surface area contributed by atoms with Crippen molar-refractivity contribution < 1.29 is 19.7 Å². The molecule has 1 aromatic rings. The maximum absolute atomic E-state index is 11.3. The summed E-state index contributed by atoms with van der Waals surface area (Å²) in [6.45, 7) is 1.86. The van der Waals surface area contributed by atoms with E-state index in [0.29, 0.717) is 12.0 Å². The quantitative estimate of drug-likeness (QED) is 0.668. The summed E-state index contributed by atoms with van der Waals surface area (Å²) in [5, 5.41) is 18.7. The minimum Gasteiger partial charge on any atom is -0.508 e. The lowest BCUT2D eigenvalue weighted by molar-refractivity contribution is 0.0376. The van der Waals surface area contributed by atoms with Crippen molar-refractivity contribution in [2.75, 3.05) is 0 Å². The van der Waals surface area contributed by atoms with Gasteiger partial charge in [0.05, 0.1) is 5.56 Å². The lowest BCUT2D eigenvalue weighted by Gasteiger charge is -2.08. The van der Waals surface area contributed by atoms with Crippen LogP contribution in [-0.4, -0.2) is 16.2 Å². The van der Waals surface area contributed by atoms with E-state index >= 15 is 0 Å². The number of cyclic esters (lactones) is 1. The number of fused-ring (bicyclic) bond motifs is 1. The molecule has 0 aliphatic carbocycles. The number of phenols is 2. The molecule has 2 N–H and O–H groups in total. The van der Waals surface area contributed by atoms with E-state index in [-0.39, 0.29) is 17.1 Å². The molecule has 4 nitrogen and oxygen atoms in total. The van der Waals surface area contributed by atoms with E-state index in [1.165, 1.54) is 12.1 Å². The average molecular weight is 194 g/mol. The number of hydrogen-bond acceptors (Lipinski definition) is 4. The van der Waals surface area contributed by atoms with E-state index in [1.54, 1.807) is 0 Å². The van der Waals surface area contributed by atoms with Gasteiger partial charge in [-0.1, -0.05) is 6.92 Å². The summed E-state index contributed by atoms with van der Waals surface area (Å²) in [5.74, 6) is -0.703. The highest BCUT2D eigenvalue weighted by Gasteiger charge is 2.33. The molecular weight excluding hydrogens is 184 g/mol. The van der Waals surface area contributed by atoms with Gasteiger partial charge in [-0.05, 0) is 12.5 Å². The minimum atomic E-state index is -0.488. The zero-order valence-corrected chi connectivity index (χ0v) is 7.65. The fraction of sp³-hybridized carbons (Fsp3) is 0.300. The van der Waals surface area contributed by atoms with Gasteiger partial charge in [0.15, 0.2) is 0 Å². The normalized spacial score (nSPS) is 19.2. The van der Waals surface area contributed by atoms with Crippen LogP contribution in [0.5, 0.6) is 11.5 Å². The Morgan fingerprint density at radius 3 is 2.79 bits per heavy atom. The molecule has 0 radical (unpaired) electrons. The van der Waals surface area contributed by atoms with Crippen LogP contribution < -0.4 is 0 Å². The molecule has 0 spiro atoms. The minimum absolute atomic E-state index is 0.0855. The second-order valence-electron chi connectivity index (χ2n) is 3.23. The van der Waals surface area contributed by atoms with Gasteiger partial charge in [-0.2, -0.15) is 0 Å². The van der Waals surface area contributed by atoms with E-state index in [2.05, 4.69) is 0 Å². The van der Waals surface area contributed by atoms with Crippen LogP contribution in [0.3, 0.4) is 0 Å². The van der Waals surface area contributed by atoms with Crippen molar-refractivity contribution in [1.29, 1.82) is 0 Å². The highest BCUT2D eigenvalue weighted by atomic mass is 16.5. The number of ether oxygens (including phenoxy) is 1. The van der Waals surface area contributed by atoms with Crippen LogP contribution in [0.4, 0.5) is 0 Å². The second-order valence-corrected chi connectivity index (χ2v) is 3.23. The van der Waals surface area contributed by atoms with Crippen molar-refractivity contribution in [1.82, 2.24) is 0 Å². The number of esters is 1. The summed E-state index contributed by atoms with van der Waals surface area (Å²) in [6.07, 6.45) is 0.218. The maximum Gasteiger partial charge on any atom is 0.339 e. The van der Waals surface area contributed by atoms with Gasteiger partial charge in [-0.3, -0.25) is 0 Å². The Labute approximate surface area is 80.7 Å². The first-order chi connectivity index (χ1) is 6.63. The first-order valence-corrected chi connectivity index (χ1v) is 4.40. The standard InChI is InChI=1S/C10H10O4/c1-2-8-9-6(10(13)14-8)3-5(11)4-7(9)12/h3-4,8,11-12H,2H2,1H3/t8-/m0/s1. The smallest absolute Gasteiger partial charge is 0.339 e. The summed E-state index contributed by atoms with van der Waals surface area (Å²) in [4.78, 5) is 11.3. The summed E-state index contributed by atoms with van der Waals surface area (Å²) in [7, 11) is 0. The van der Waals surface area contributed by atoms with E-state index in [0.717, 1.165) is 0 Å². The maximum atomic E-state index is 11.3. The fourth-order valence-corrected chi connectivity index (χ4v) is 1.67. The van der Waals surface area contributed by atoms with Crippen molar-refractivity contribution in [2.45, 2.75) is 19.4 Å². The first-order valence-electron chi connectivity index (χ1n) is 4.40. The van der Waals surface area contributed by atoms with Crippen LogP contribution in [0.2, 0.25) is 0 Å². The predicted molar refractivity (Wildman–Crippen MR) is 48.2 cm³/mol. The van der Waals surface area contributed by atoms with Crippen molar-refractivity contribution in [2.24, 2.45) is 0 Å². The molecule has 1 aliphatic heterocycles. The zero-order chi connectivity index (χ0) is 10.3. The molecule has 2 rings (SSSR count). The number of carbonyl (C=O) groups is 1. The fourth-order valence-electron chi connectivity index (χ4n) is 1.67. The van der Waals surface area contributed by atoms with Gasteiger partial charge in [-0.25, -0.2) is 4.79 Å². The van der Waals surface area contributed by atoms with E-state index in [9.17, 15) is 15.0 Å². The Kier molecular flexibility index (Phi) is 1.84.